The molecule has 0 aromatic rings. The van der Waals surface area contributed by atoms with E-state index in [9.17, 15) is 4.79 Å². The number of likely N-dealkylation sites (tertiary alicyclic amines) is 1. The van der Waals surface area contributed by atoms with E-state index in [1.807, 2.05) is 0 Å². The standard InChI is InChI=1S/C13H24N2O/c1-12(2)6-9-15(10-12)11(16)13(3)4-7-14-8-5-13/h14H,4-10H2,1-3H3. The summed E-state index contributed by atoms with van der Waals surface area (Å²) >= 11 is 0. The molecule has 0 aliphatic carbocycles. The summed E-state index contributed by atoms with van der Waals surface area (Å²) in [6, 6.07) is 0. The van der Waals surface area contributed by atoms with Gasteiger partial charge in [-0.2, -0.15) is 0 Å². The molecule has 0 bridgehead atoms. The highest BCUT2D eigenvalue weighted by Crippen LogP contribution is 2.35. The Morgan fingerprint density at radius 2 is 1.75 bits per heavy atom. The van der Waals surface area contributed by atoms with Gasteiger partial charge in [-0.05, 0) is 37.8 Å². The largest absolute Gasteiger partial charge is 0.342 e. The van der Waals surface area contributed by atoms with Crippen molar-refractivity contribution in [2.45, 2.75) is 40.0 Å². The molecule has 0 aromatic heterocycles. The van der Waals surface area contributed by atoms with Crippen molar-refractivity contribution in [1.82, 2.24) is 10.2 Å². The van der Waals surface area contributed by atoms with Gasteiger partial charge < -0.3 is 10.2 Å². The fourth-order valence-corrected chi connectivity index (χ4v) is 2.86. The number of rotatable bonds is 1. The first kappa shape index (κ1) is 11.9. The first-order valence-electron chi connectivity index (χ1n) is 6.43. The molecule has 0 saturated carbocycles. The molecule has 2 rings (SSSR count). The highest BCUT2D eigenvalue weighted by Gasteiger charge is 2.41. The molecule has 2 aliphatic heterocycles. The lowest BCUT2D eigenvalue weighted by Crippen LogP contribution is -2.47. The summed E-state index contributed by atoms with van der Waals surface area (Å²) in [6.45, 7) is 10.5. The third kappa shape index (κ3) is 2.24. The topological polar surface area (TPSA) is 32.3 Å². The summed E-state index contributed by atoms with van der Waals surface area (Å²) in [7, 11) is 0. The van der Waals surface area contributed by atoms with Crippen molar-refractivity contribution in [3.63, 3.8) is 0 Å². The van der Waals surface area contributed by atoms with Crippen LogP contribution in [0, 0.1) is 10.8 Å². The van der Waals surface area contributed by atoms with Gasteiger partial charge in [-0.15, -0.1) is 0 Å². The quantitative estimate of drug-likeness (QED) is 0.734. The highest BCUT2D eigenvalue weighted by atomic mass is 16.2. The molecule has 0 radical (unpaired) electrons. The third-order valence-electron chi connectivity index (χ3n) is 4.19. The van der Waals surface area contributed by atoms with E-state index >= 15 is 0 Å². The van der Waals surface area contributed by atoms with Crippen LogP contribution in [0.5, 0.6) is 0 Å². The predicted octanol–water partition coefficient (Wildman–Crippen LogP) is 1.63. The van der Waals surface area contributed by atoms with Crippen molar-refractivity contribution in [3.05, 3.63) is 0 Å². The zero-order chi connectivity index (χ0) is 11.8. The molecule has 0 unspecified atom stereocenters. The first-order valence-corrected chi connectivity index (χ1v) is 6.43. The van der Waals surface area contributed by atoms with Crippen LogP contribution >= 0.6 is 0 Å². The number of carbonyl (C=O) groups is 1. The smallest absolute Gasteiger partial charge is 0.228 e. The molecule has 3 heteroatoms. The molecule has 1 amide bonds. The highest BCUT2D eigenvalue weighted by molar-refractivity contribution is 5.82. The number of nitrogens with zero attached hydrogens (tertiary/aromatic N) is 1. The Bertz CT molecular complexity index is 280. The fourth-order valence-electron chi connectivity index (χ4n) is 2.86. The second-order valence-electron chi connectivity index (χ2n) is 6.45. The molecule has 1 N–H and O–H groups in total. The average molecular weight is 224 g/mol. The van der Waals surface area contributed by atoms with Gasteiger partial charge in [0.15, 0.2) is 0 Å². The Labute approximate surface area is 98.6 Å². The minimum absolute atomic E-state index is 0.105. The van der Waals surface area contributed by atoms with Gasteiger partial charge in [0.25, 0.3) is 0 Å². The monoisotopic (exact) mass is 224 g/mol. The number of hydrogen-bond acceptors (Lipinski definition) is 2. The summed E-state index contributed by atoms with van der Waals surface area (Å²) < 4.78 is 0. The molecule has 2 fully saturated rings. The Kier molecular flexibility index (Phi) is 2.99. The van der Waals surface area contributed by atoms with Gasteiger partial charge in [-0.3, -0.25) is 4.79 Å². The van der Waals surface area contributed by atoms with Gasteiger partial charge in [-0.1, -0.05) is 20.8 Å². The van der Waals surface area contributed by atoms with E-state index in [1.54, 1.807) is 0 Å². The summed E-state index contributed by atoms with van der Waals surface area (Å²) in [5.41, 5.74) is 0.213. The van der Waals surface area contributed by atoms with E-state index < -0.39 is 0 Å². The molecule has 2 aliphatic rings. The van der Waals surface area contributed by atoms with Crippen LogP contribution in [-0.4, -0.2) is 37.0 Å². The van der Waals surface area contributed by atoms with Gasteiger partial charge >= 0.3 is 0 Å². The second kappa shape index (κ2) is 4.02. The third-order valence-corrected chi connectivity index (χ3v) is 4.19. The molecular weight excluding hydrogens is 200 g/mol. The van der Waals surface area contributed by atoms with E-state index in [1.165, 1.54) is 0 Å². The number of nitrogens with one attached hydrogen (secondary N) is 1. The molecular formula is C13H24N2O. The average Bonchev–Trinajstić information content (AvgIpc) is 2.59. The lowest BCUT2D eigenvalue weighted by molar-refractivity contribution is -0.142. The Morgan fingerprint density at radius 3 is 2.25 bits per heavy atom. The van der Waals surface area contributed by atoms with Crippen LogP contribution in [0.3, 0.4) is 0 Å². The van der Waals surface area contributed by atoms with Crippen LogP contribution in [-0.2, 0) is 4.79 Å². The molecule has 2 saturated heterocycles. The maximum atomic E-state index is 12.5. The first-order chi connectivity index (χ1) is 7.43. The van der Waals surface area contributed by atoms with Crippen LogP contribution in [0.4, 0.5) is 0 Å². The fraction of sp³-hybridized carbons (Fsp3) is 0.923. The van der Waals surface area contributed by atoms with E-state index in [0.717, 1.165) is 45.4 Å². The van der Waals surface area contributed by atoms with E-state index in [-0.39, 0.29) is 5.41 Å². The predicted molar refractivity (Wildman–Crippen MR) is 65.2 cm³/mol. The summed E-state index contributed by atoms with van der Waals surface area (Å²) in [6.07, 6.45) is 3.12. The van der Waals surface area contributed by atoms with Crippen LogP contribution in [0.1, 0.15) is 40.0 Å². The molecule has 92 valence electrons. The van der Waals surface area contributed by atoms with Crippen molar-refractivity contribution in [1.29, 1.82) is 0 Å². The van der Waals surface area contributed by atoms with Gasteiger partial charge in [0, 0.05) is 18.5 Å². The molecule has 3 nitrogen and oxygen atoms in total. The van der Waals surface area contributed by atoms with Gasteiger partial charge in [0.2, 0.25) is 5.91 Å². The van der Waals surface area contributed by atoms with Gasteiger partial charge in [0.05, 0.1) is 0 Å². The molecule has 0 aromatic carbocycles. The second-order valence-corrected chi connectivity index (χ2v) is 6.45. The molecule has 0 atom stereocenters. The number of amides is 1. The maximum absolute atomic E-state index is 12.5. The summed E-state index contributed by atoms with van der Waals surface area (Å²) in [4.78, 5) is 14.6. The minimum Gasteiger partial charge on any atom is -0.342 e. The number of carbonyl (C=O) groups excluding carboxylic acids is 1. The molecule has 16 heavy (non-hydrogen) atoms. The van der Waals surface area contributed by atoms with Gasteiger partial charge in [-0.25, -0.2) is 0 Å². The van der Waals surface area contributed by atoms with Gasteiger partial charge in [0.1, 0.15) is 0 Å². The normalized spacial score (nSPS) is 28.1. The zero-order valence-corrected chi connectivity index (χ0v) is 10.8. The van der Waals surface area contributed by atoms with Crippen LogP contribution < -0.4 is 5.32 Å². The Morgan fingerprint density at radius 1 is 1.12 bits per heavy atom. The lowest BCUT2D eigenvalue weighted by Gasteiger charge is -2.36. The van der Waals surface area contributed by atoms with Crippen molar-refractivity contribution in [2.75, 3.05) is 26.2 Å². The molecule has 0 spiro atoms. The van der Waals surface area contributed by atoms with Crippen LogP contribution in [0.15, 0.2) is 0 Å². The Hall–Kier alpha value is -0.570. The van der Waals surface area contributed by atoms with Crippen molar-refractivity contribution < 1.29 is 4.79 Å². The van der Waals surface area contributed by atoms with Crippen LogP contribution in [0.25, 0.3) is 0 Å². The maximum Gasteiger partial charge on any atom is 0.228 e. The van der Waals surface area contributed by atoms with E-state index in [0.29, 0.717) is 11.3 Å². The molecule has 2 heterocycles. The van der Waals surface area contributed by atoms with E-state index in [2.05, 4.69) is 31.0 Å². The van der Waals surface area contributed by atoms with E-state index in [4.69, 9.17) is 0 Å². The Balaban J connectivity index is 2.02. The SMILES string of the molecule is CC1(C)CCN(C(=O)C2(C)CCNCC2)C1. The summed E-state index contributed by atoms with van der Waals surface area (Å²) in [5, 5.41) is 3.33. The van der Waals surface area contributed by atoms with Crippen molar-refractivity contribution in [3.8, 4) is 0 Å². The van der Waals surface area contributed by atoms with Crippen molar-refractivity contribution >= 4 is 5.91 Å². The minimum atomic E-state index is -0.105. The lowest BCUT2D eigenvalue weighted by atomic mass is 9.79. The summed E-state index contributed by atoms with van der Waals surface area (Å²) in [5.74, 6) is 0.388. The number of piperidine rings is 1. The zero-order valence-electron chi connectivity index (χ0n) is 10.8. The van der Waals surface area contributed by atoms with Crippen molar-refractivity contribution in [2.24, 2.45) is 10.8 Å². The number of hydrogen-bond donors (Lipinski definition) is 1. The van der Waals surface area contributed by atoms with Crippen LogP contribution in [0.2, 0.25) is 0 Å².